The van der Waals surface area contributed by atoms with Gasteiger partial charge < -0.3 is 15.5 Å². The third-order valence-corrected chi connectivity index (χ3v) is 2.80. The molecule has 0 aliphatic carbocycles. The maximum absolute atomic E-state index is 11.1. The van der Waals surface area contributed by atoms with E-state index in [4.69, 9.17) is 5.11 Å². The van der Waals surface area contributed by atoms with Crippen molar-refractivity contribution in [2.45, 2.75) is 32.4 Å². The molecule has 0 bridgehead atoms. The summed E-state index contributed by atoms with van der Waals surface area (Å²) in [6.07, 6.45) is 0.149. The quantitative estimate of drug-likeness (QED) is 0.782. The number of hydrogen-bond donors (Lipinski definition) is 3. The van der Waals surface area contributed by atoms with Crippen LogP contribution in [0.1, 0.15) is 30.6 Å². The Morgan fingerprint density at radius 3 is 2.65 bits per heavy atom. The summed E-state index contributed by atoms with van der Waals surface area (Å²) in [7, 11) is 0. The molecule has 1 rings (SSSR count). The molecule has 0 aliphatic heterocycles. The van der Waals surface area contributed by atoms with Crippen molar-refractivity contribution in [2.24, 2.45) is 0 Å². The molecule has 4 nitrogen and oxygen atoms in total. The maximum Gasteiger partial charge on any atom is 0.337 e. The van der Waals surface area contributed by atoms with Crippen LogP contribution in [0.15, 0.2) is 22.7 Å². The van der Waals surface area contributed by atoms with E-state index in [9.17, 15) is 9.90 Å². The van der Waals surface area contributed by atoms with Crippen LogP contribution in [-0.4, -0.2) is 28.3 Å². The number of benzene rings is 1. The first kappa shape index (κ1) is 14.0. The van der Waals surface area contributed by atoms with Gasteiger partial charge in [-0.15, -0.1) is 0 Å². The first-order chi connectivity index (χ1) is 7.90. The molecule has 0 aromatic heterocycles. The number of carbonyl (C=O) groups is 1. The summed E-state index contributed by atoms with van der Waals surface area (Å²) in [5.41, 5.74) is 0.783. The SMILES string of the molecule is CC(O)CC(C)Nc1ccc(Br)cc1C(=O)O. The lowest BCUT2D eigenvalue weighted by atomic mass is 10.1. The third-order valence-electron chi connectivity index (χ3n) is 2.31. The number of nitrogens with one attached hydrogen (secondary N) is 1. The highest BCUT2D eigenvalue weighted by Crippen LogP contribution is 2.22. The molecule has 2 atom stereocenters. The normalized spacial score (nSPS) is 14.1. The zero-order chi connectivity index (χ0) is 13.0. The molecule has 0 fully saturated rings. The highest BCUT2D eigenvalue weighted by molar-refractivity contribution is 9.10. The average molecular weight is 302 g/mol. The van der Waals surface area contributed by atoms with Gasteiger partial charge in [0.1, 0.15) is 0 Å². The summed E-state index contributed by atoms with van der Waals surface area (Å²) in [4.78, 5) is 11.1. The van der Waals surface area contributed by atoms with Gasteiger partial charge in [-0.1, -0.05) is 15.9 Å². The van der Waals surface area contributed by atoms with E-state index in [1.165, 1.54) is 0 Å². The zero-order valence-corrected chi connectivity index (χ0v) is 11.4. The van der Waals surface area contributed by atoms with Gasteiger partial charge in [0.2, 0.25) is 0 Å². The number of hydrogen-bond acceptors (Lipinski definition) is 3. The standard InChI is InChI=1S/C12H16BrNO3/c1-7(5-8(2)15)14-11-4-3-9(13)6-10(11)12(16)17/h3-4,6-8,14-15H,5H2,1-2H3,(H,16,17). The van der Waals surface area contributed by atoms with E-state index in [0.29, 0.717) is 12.1 Å². The van der Waals surface area contributed by atoms with Crippen LogP contribution in [0.25, 0.3) is 0 Å². The molecule has 0 amide bonds. The molecular weight excluding hydrogens is 286 g/mol. The number of carboxylic acids is 1. The number of aliphatic hydroxyl groups is 1. The van der Waals surface area contributed by atoms with E-state index >= 15 is 0 Å². The summed E-state index contributed by atoms with van der Waals surface area (Å²) >= 11 is 3.24. The van der Waals surface area contributed by atoms with Crippen molar-refractivity contribution in [3.05, 3.63) is 28.2 Å². The van der Waals surface area contributed by atoms with Crippen molar-refractivity contribution < 1.29 is 15.0 Å². The van der Waals surface area contributed by atoms with Crippen LogP contribution >= 0.6 is 15.9 Å². The molecule has 0 radical (unpaired) electrons. The Kier molecular flexibility index (Phi) is 4.96. The van der Waals surface area contributed by atoms with Gasteiger partial charge in [-0.05, 0) is 38.5 Å². The maximum atomic E-state index is 11.1. The Morgan fingerprint density at radius 2 is 2.12 bits per heavy atom. The first-order valence-electron chi connectivity index (χ1n) is 5.37. The lowest BCUT2D eigenvalue weighted by Gasteiger charge is -2.18. The largest absolute Gasteiger partial charge is 0.478 e. The first-order valence-corrected chi connectivity index (χ1v) is 6.17. The average Bonchev–Trinajstić information content (AvgIpc) is 2.19. The van der Waals surface area contributed by atoms with E-state index in [0.717, 1.165) is 4.47 Å². The second kappa shape index (κ2) is 6.02. The van der Waals surface area contributed by atoms with Gasteiger partial charge in [0.15, 0.2) is 0 Å². The highest BCUT2D eigenvalue weighted by Gasteiger charge is 2.13. The van der Waals surface area contributed by atoms with Crippen LogP contribution in [-0.2, 0) is 0 Å². The smallest absolute Gasteiger partial charge is 0.337 e. The molecule has 1 aromatic carbocycles. The second-order valence-corrected chi connectivity index (χ2v) is 5.04. The monoisotopic (exact) mass is 301 g/mol. The molecule has 1 aromatic rings. The minimum absolute atomic E-state index is 0.00859. The van der Waals surface area contributed by atoms with E-state index in [2.05, 4.69) is 21.2 Å². The fourth-order valence-electron chi connectivity index (χ4n) is 1.66. The predicted molar refractivity (Wildman–Crippen MR) is 70.5 cm³/mol. The van der Waals surface area contributed by atoms with Crippen molar-refractivity contribution >= 4 is 27.6 Å². The Morgan fingerprint density at radius 1 is 1.47 bits per heavy atom. The van der Waals surface area contributed by atoms with Crippen LogP contribution in [0.2, 0.25) is 0 Å². The van der Waals surface area contributed by atoms with Crippen LogP contribution in [0, 0.1) is 0 Å². The van der Waals surface area contributed by atoms with E-state index in [-0.39, 0.29) is 11.6 Å². The van der Waals surface area contributed by atoms with Crippen LogP contribution in [0.3, 0.4) is 0 Å². The minimum Gasteiger partial charge on any atom is -0.478 e. The van der Waals surface area contributed by atoms with Crippen LogP contribution < -0.4 is 5.32 Å². The van der Waals surface area contributed by atoms with Crippen LogP contribution in [0.4, 0.5) is 5.69 Å². The Balaban J connectivity index is 2.86. The highest BCUT2D eigenvalue weighted by atomic mass is 79.9. The van der Waals surface area contributed by atoms with E-state index in [1.807, 2.05) is 6.92 Å². The minimum atomic E-state index is -0.974. The second-order valence-electron chi connectivity index (χ2n) is 4.13. The van der Waals surface area contributed by atoms with Gasteiger partial charge in [0.25, 0.3) is 0 Å². The van der Waals surface area contributed by atoms with E-state index < -0.39 is 12.1 Å². The molecule has 0 spiro atoms. The molecule has 17 heavy (non-hydrogen) atoms. The Bertz CT molecular complexity index is 407. The van der Waals surface area contributed by atoms with Gasteiger partial charge in [0, 0.05) is 16.2 Å². The van der Waals surface area contributed by atoms with Gasteiger partial charge >= 0.3 is 5.97 Å². The zero-order valence-electron chi connectivity index (χ0n) is 9.77. The van der Waals surface area contributed by atoms with Crippen molar-refractivity contribution in [1.82, 2.24) is 0 Å². The molecule has 94 valence electrons. The molecule has 5 heteroatoms. The van der Waals surface area contributed by atoms with Gasteiger partial charge in [0.05, 0.1) is 11.7 Å². The Hall–Kier alpha value is -1.07. The van der Waals surface area contributed by atoms with Crippen LogP contribution in [0.5, 0.6) is 0 Å². The predicted octanol–water partition coefficient (Wildman–Crippen LogP) is 2.72. The molecule has 0 saturated heterocycles. The van der Waals surface area contributed by atoms with Gasteiger partial charge in [-0.25, -0.2) is 4.79 Å². The number of aliphatic hydroxyl groups excluding tert-OH is 1. The fraction of sp³-hybridized carbons (Fsp3) is 0.417. The third kappa shape index (κ3) is 4.36. The topological polar surface area (TPSA) is 69.6 Å². The number of anilines is 1. The number of aromatic carboxylic acids is 1. The lowest BCUT2D eigenvalue weighted by molar-refractivity contribution is 0.0698. The molecule has 2 unspecified atom stereocenters. The number of halogens is 1. The van der Waals surface area contributed by atoms with Gasteiger partial charge in [-0.3, -0.25) is 0 Å². The summed E-state index contributed by atoms with van der Waals surface area (Å²) in [5.74, 6) is -0.974. The number of rotatable bonds is 5. The molecule has 0 saturated carbocycles. The molecule has 0 aliphatic rings. The summed E-state index contributed by atoms with van der Waals surface area (Å²) in [5, 5.41) is 21.4. The summed E-state index contributed by atoms with van der Waals surface area (Å²) < 4.78 is 0.726. The molecule has 3 N–H and O–H groups in total. The van der Waals surface area contributed by atoms with Crippen molar-refractivity contribution in [3.63, 3.8) is 0 Å². The van der Waals surface area contributed by atoms with E-state index in [1.54, 1.807) is 25.1 Å². The lowest BCUT2D eigenvalue weighted by Crippen LogP contribution is -2.21. The fourth-order valence-corrected chi connectivity index (χ4v) is 2.02. The van der Waals surface area contributed by atoms with Gasteiger partial charge in [-0.2, -0.15) is 0 Å². The van der Waals surface area contributed by atoms with Crippen molar-refractivity contribution in [2.75, 3.05) is 5.32 Å². The van der Waals surface area contributed by atoms with Crippen molar-refractivity contribution in [3.8, 4) is 0 Å². The summed E-state index contributed by atoms with van der Waals surface area (Å²) in [6, 6.07) is 5.06. The van der Waals surface area contributed by atoms with Crippen molar-refractivity contribution in [1.29, 1.82) is 0 Å². The molecule has 0 heterocycles. The summed E-state index contributed by atoms with van der Waals surface area (Å²) in [6.45, 7) is 3.61. The Labute approximate surface area is 109 Å². The molecular formula is C12H16BrNO3. The number of carboxylic acid groups (broad SMARTS) is 1.